The van der Waals surface area contributed by atoms with Crippen molar-refractivity contribution < 1.29 is 8.42 Å². The Kier molecular flexibility index (Phi) is 4.36. The minimum atomic E-state index is -3.50. The molecule has 162 valence electrons. The van der Waals surface area contributed by atoms with Crippen molar-refractivity contribution in [2.75, 3.05) is 13.1 Å². The molecule has 5 heteroatoms. The highest BCUT2D eigenvalue weighted by atomic mass is 32.2. The predicted molar refractivity (Wildman–Crippen MR) is 127 cm³/mol. The van der Waals surface area contributed by atoms with Crippen molar-refractivity contribution in [1.29, 1.82) is 0 Å². The van der Waals surface area contributed by atoms with Crippen LogP contribution in [0.5, 0.6) is 0 Å². The SMILES string of the molecule is Cc1ccc(S(=O)(=O)N2C[C@H]3[C@H](c4ccccc4)[C@@]3(Cc3c[nH]c4ccccc34)C2)cc1. The molecular formula is C27H26N2O2S. The van der Waals surface area contributed by atoms with Gasteiger partial charge in [0.25, 0.3) is 0 Å². The summed E-state index contributed by atoms with van der Waals surface area (Å²) >= 11 is 0. The molecule has 2 aliphatic rings. The van der Waals surface area contributed by atoms with Crippen molar-refractivity contribution in [3.05, 3.63) is 102 Å². The van der Waals surface area contributed by atoms with E-state index in [0.29, 0.717) is 29.8 Å². The van der Waals surface area contributed by atoms with Crippen molar-refractivity contribution in [2.45, 2.75) is 24.2 Å². The van der Waals surface area contributed by atoms with Crippen LogP contribution in [-0.4, -0.2) is 30.8 Å². The van der Waals surface area contributed by atoms with Gasteiger partial charge >= 0.3 is 0 Å². The molecule has 32 heavy (non-hydrogen) atoms. The van der Waals surface area contributed by atoms with Gasteiger partial charge in [0.1, 0.15) is 0 Å². The number of hydrogen-bond acceptors (Lipinski definition) is 2. The molecule has 1 aromatic heterocycles. The highest BCUT2D eigenvalue weighted by Crippen LogP contribution is 2.70. The van der Waals surface area contributed by atoms with E-state index in [4.69, 9.17) is 0 Å². The maximum Gasteiger partial charge on any atom is 0.243 e. The number of para-hydroxylation sites is 1. The Hall–Kier alpha value is -2.89. The maximum absolute atomic E-state index is 13.4. The minimum absolute atomic E-state index is 0.0654. The summed E-state index contributed by atoms with van der Waals surface area (Å²) in [5.74, 6) is 0.723. The van der Waals surface area contributed by atoms with Gasteiger partial charge in [-0.25, -0.2) is 8.42 Å². The molecule has 4 nitrogen and oxygen atoms in total. The number of aromatic amines is 1. The minimum Gasteiger partial charge on any atom is -0.361 e. The Morgan fingerprint density at radius 1 is 0.969 bits per heavy atom. The smallest absolute Gasteiger partial charge is 0.243 e. The quantitative estimate of drug-likeness (QED) is 0.466. The number of H-pyrrole nitrogens is 1. The van der Waals surface area contributed by atoms with Crippen LogP contribution in [0.2, 0.25) is 0 Å². The first kappa shape index (κ1) is 19.8. The summed E-state index contributed by atoms with van der Waals surface area (Å²) in [6.45, 7) is 3.12. The van der Waals surface area contributed by atoms with E-state index in [0.717, 1.165) is 17.5 Å². The van der Waals surface area contributed by atoms with Crippen molar-refractivity contribution in [3.8, 4) is 0 Å². The number of nitrogens with one attached hydrogen (secondary N) is 1. The first-order valence-corrected chi connectivity index (χ1v) is 12.6. The van der Waals surface area contributed by atoms with Gasteiger partial charge in [-0.3, -0.25) is 0 Å². The third-order valence-electron chi connectivity index (χ3n) is 7.53. The average Bonchev–Trinajstić information content (AvgIpc) is 3.08. The molecule has 2 heterocycles. The van der Waals surface area contributed by atoms with Crippen LogP contribution in [0.3, 0.4) is 0 Å². The van der Waals surface area contributed by atoms with E-state index >= 15 is 0 Å². The van der Waals surface area contributed by atoms with Gasteiger partial charge in [0.15, 0.2) is 0 Å². The summed E-state index contributed by atoms with van der Waals surface area (Å²) in [6.07, 6.45) is 2.98. The fourth-order valence-electron chi connectivity index (χ4n) is 5.89. The van der Waals surface area contributed by atoms with Crippen LogP contribution >= 0.6 is 0 Å². The molecule has 1 saturated heterocycles. The third-order valence-corrected chi connectivity index (χ3v) is 9.36. The lowest BCUT2D eigenvalue weighted by Gasteiger charge is -2.24. The van der Waals surface area contributed by atoms with Crippen LogP contribution in [0.15, 0.2) is 90.0 Å². The molecule has 0 amide bonds. The molecular weight excluding hydrogens is 416 g/mol. The molecule has 6 rings (SSSR count). The van der Waals surface area contributed by atoms with Gasteiger partial charge < -0.3 is 4.98 Å². The lowest BCUT2D eigenvalue weighted by atomic mass is 9.91. The van der Waals surface area contributed by atoms with Crippen molar-refractivity contribution in [1.82, 2.24) is 9.29 Å². The van der Waals surface area contributed by atoms with E-state index in [2.05, 4.69) is 53.6 Å². The standard InChI is InChI=1S/C27H26N2O2S/c1-19-11-13-22(14-12-19)32(30,31)29-17-24-26(20-7-3-2-4-8-20)27(24,18-29)15-21-16-28-25-10-6-5-9-23(21)25/h2-14,16,24,26,28H,15,17-18H2,1H3/t24-,26-,27-/m0/s1. The van der Waals surface area contributed by atoms with E-state index in [1.54, 1.807) is 16.4 Å². The van der Waals surface area contributed by atoms with Crippen molar-refractivity contribution in [3.63, 3.8) is 0 Å². The van der Waals surface area contributed by atoms with Crippen LogP contribution in [0, 0.1) is 18.3 Å². The normalized spacial score (nSPS) is 25.2. The number of nitrogens with zero attached hydrogens (tertiary/aromatic N) is 1. The summed E-state index contributed by atoms with van der Waals surface area (Å²) in [5.41, 5.74) is 4.73. The van der Waals surface area contributed by atoms with Crippen LogP contribution in [0.25, 0.3) is 10.9 Å². The lowest BCUT2D eigenvalue weighted by Crippen LogP contribution is -2.33. The monoisotopic (exact) mass is 442 g/mol. The van der Waals surface area contributed by atoms with Crippen molar-refractivity contribution in [2.24, 2.45) is 11.3 Å². The average molecular weight is 443 g/mol. The molecule has 2 fully saturated rings. The van der Waals surface area contributed by atoms with E-state index in [1.165, 1.54) is 16.5 Å². The van der Waals surface area contributed by atoms with Gasteiger partial charge in [0, 0.05) is 35.6 Å². The Morgan fingerprint density at radius 2 is 1.69 bits per heavy atom. The number of sulfonamides is 1. The second-order valence-electron chi connectivity index (χ2n) is 9.37. The van der Waals surface area contributed by atoms with Crippen LogP contribution in [0.1, 0.15) is 22.6 Å². The lowest BCUT2D eigenvalue weighted by molar-refractivity contribution is 0.383. The Labute approximate surface area is 188 Å². The largest absolute Gasteiger partial charge is 0.361 e. The molecule has 3 aromatic carbocycles. The number of hydrogen-bond donors (Lipinski definition) is 1. The van der Waals surface area contributed by atoms with Crippen LogP contribution in [0.4, 0.5) is 0 Å². The highest BCUT2D eigenvalue weighted by molar-refractivity contribution is 7.89. The Bertz CT molecular complexity index is 1390. The zero-order valence-corrected chi connectivity index (χ0v) is 18.8. The van der Waals surface area contributed by atoms with Gasteiger partial charge in [0.05, 0.1) is 4.90 Å². The predicted octanol–water partition coefficient (Wildman–Crippen LogP) is 5.12. The summed E-state index contributed by atoms with van der Waals surface area (Å²) < 4.78 is 28.6. The highest BCUT2D eigenvalue weighted by Gasteiger charge is 2.70. The molecule has 0 spiro atoms. The van der Waals surface area contributed by atoms with E-state index in [-0.39, 0.29) is 5.41 Å². The van der Waals surface area contributed by atoms with Gasteiger partial charge in [-0.15, -0.1) is 0 Å². The Balaban J connectivity index is 1.36. The first-order valence-electron chi connectivity index (χ1n) is 11.2. The summed E-state index contributed by atoms with van der Waals surface area (Å²) in [7, 11) is -3.50. The summed E-state index contributed by atoms with van der Waals surface area (Å²) in [4.78, 5) is 3.78. The maximum atomic E-state index is 13.4. The summed E-state index contributed by atoms with van der Waals surface area (Å²) in [6, 6.07) is 26.2. The molecule has 0 unspecified atom stereocenters. The fraction of sp³-hybridized carbons (Fsp3) is 0.259. The number of piperidine rings is 1. The zero-order chi connectivity index (χ0) is 21.9. The molecule has 1 aliphatic heterocycles. The number of aryl methyl sites for hydroxylation is 1. The molecule has 0 radical (unpaired) electrons. The summed E-state index contributed by atoms with van der Waals surface area (Å²) in [5, 5.41) is 1.24. The second kappa shape index (κ2) is 7.06. The van der Waals surface area contributed by atoms with Gasteiger partial charge in [-0.05, 0) is 54.5 Å². The van der Waals surface area contributed by atoms with E-state index < -0.39 is 10.0 Å². The van der Waals surface area contributed by atoms with Gasteiger partial charge in [-0.1, -0.05) is 66.2 Å². The zero-order valence-electron chi connectivity index (χ0n) is 18.0. The molecule has 0 bridgehead atoms. The molecule has 4 aromatic rings. The molecule has 1 saturated carbocycles. The number of aromatic nitrogens is 1. The van der Waals surface area contributed by atoms with E-state index in [9.17, 15) is 8.42 Å². The van der Waals surface area contributed by atoms with Gasteiger partial charge in [0.2, 0.25) is 10.0 Å². The van der Waals surface area contributed by atoms with Crippen molar-refractivity contribution >= 4 is 20.9 Å². The topological polar surface area (TPSA) is 53.2 Å². The number of rotatable bonds is 5. The van der Waals surface area contributed by atoms with Crippen LogP contribution < -0.4 is 0 Å². The van der Waals surface area contributed by atoms with Gasteiger partial charge in [-0.2, -0.15) is 4.31 Å². The number of benzene rings is 3. The molecule has 1 aliphatic carbocycles. The number of fused-ring (bicyclic) bond motifs is 2. The molecule has 1 N–H and O–H groups in total. The van der Waals surface area contributed by atoms with E-state index in [1.807, 2.05) is 31.2 Å². The molecule has 3 atom stereocenters. The second-order valence-corrected chi connectivity index (χ2v) is 11.3. The third kappa shape index (κ3) is 2.95. The fourth-order valence-corrected chi connectivity index (χ4v) is 7.43. The van der Waals surface area contributed by atoms with Crippen LogP contribution in [-0.2, 0) is 16.4 Å². The Morgan fingerprint density at radius 3 is 2.47 bits per heavy atom. The first-order chi connectivity index (χ1) is 15.5.